The Morgan fingerprint density at radius 1 is 0.655 bits per heavy atom. The van der Waals surface area contributed by atoms with Crippen molar-refractivity contribution in [3.8, 4) is 0 Å². The number of aliphatic hydroxyl groups is 2. The maximum atomic E-state index is 12.7. The molecule has 0 heterocycles. The van der Waals surface area contributed by atoms with Gasteiger partial charge in [-0.3, -0.25) is 18.6 Å². The van der Waals surface area contributed by atoms with Crippen LogP contribution in [0.4, 0.5) is 0 Å². The van der Waals surface area contributed by atoms with Gasteiger partial charge in [-0.15, -0.1) is 0 Å². The molecule has 12 heteroatoms. The molecule has 0 fully saturated rings. The average molecular weight is 839 g/mol. The highest BCUT2D eigenvalue weighted by molar-refractivity contribution is 7.47. The van der Waals surface area contributed by atoms with Crippen LogP contribution < -0.4 is 0 Å². The van der Waals surface area contributed by atoms with Gasteiger partial charge in [0, 0.05) is 12.8 Å². The Balaban J connectivity index is 4.61. The number of carbonyl (C=O) groups is 2. The molecule has 0 aromatic carbocycles. The summed E-state index contributed by atoms with van der Waals surface area (Å²) in [6.07, 6.45) is 38.8. The minimum atomic E-state index is -4.42. The standard InChI is InChI=1S/C46H80NO10P/c1-6-8-10-11-12-13-14-15-16-17-21-24-30-37-46(51)57-44(41-56-58(52,53)55-39-38-47(3,4)5)40-54-45(50)36-31-25-29-35-43(49)34-28-23-20-18-19-22-27-33-42(48)32-26-9-7-2/h9,19-20,22-23,26-29,33-35,42-44,48-49H,6-8,10-18,21,24-25,30-32,36-41H2,1-5H3/p+1/b22-19-,23-20-,26-9-,33-27+,34-28+,35-29-/t42-,43-,44-/m1/s1. The smallest absolute Gasteiger partial charge is 0.462 e. The van der Waals surface area contributed by atoms with Crippen LogP contribution in [0.15, 0.2) is 72.9 Å². The second kappa shape index (κ2) is 37.4. The van der Waals surface area contributed by atoms with Crippen molar-refractivity contribution in [1.82, 2.24) is 0 Å². The molecule has 0 bridgehead atoms. The Hall–Kier alpha value is -2.63. The van der Waals surface area contributed by atoms with Crippen LogP contribution in [0.3, 0.4) is 0 Å². The van der Waals surface area contributed by atoms with Crippen LogP contribution >= 0.6 is 7.82 Å². The molecule has 11 nitrogen and oxygen atoms in total. The third-order valence-electron chi connectivity index (χ3n) is 8.93. The van der Waals surface area contributed by atoms with Crippen LogP contribution in [0.2, 0.25) is 0 Å². The molecule has 0 amide bonds. The second-order valence-electron chi connectivity index (χ2n) is 15.8. The van der Waals surface area contributed by atoms with Crippen molar-refractivity contribution in [2.45, 2.75) is 161 Å². The van der Waals surface area contributed by atoms with E-state index in [1.165, 1.54) is 57.8 Å². The number of unbranched alkanes of at least 4 members (excludes halogenated alkanes) is 13. The lowest BCUT2D eigenvalue weighted by Crippen LogP contribution is -2.37. The van der Waals surface area contributed by atoms with E-state index in [-0.39, 0.29) is 26.1 Å². The molecule has 0 aromatic heterocycles. The fourth-order valence-corrected chi connectivity index (χ4v) is 6.20. The zero-order valence-electron chi connectivity index (χ0n) is 36.7. The molecule has 58 heavy (non-hydrogen) atoms. The maximum absolute atomic E-state index is 12.7. The normalized spacial score (nSPS) is 15.4. The van der Waals surface area contributed by atoms with Crippen LogP contribution in [0, 0.1) is 0 Å². The lowest BCUT2D eigenvalue weighted by molar-refractivity contribution is -0.870. The van der Waals surface area contributed by atoms with E-state index in [2.05, 4.69) is 13.8 Å². The monoisotopic (exact) mass is 839 g/mol. The van der Waals surface area contributed by atoms with Gasteiger partial charge in [-0.05, 0) is 38.5 Å². The minimum absolute atomic E-state index is 0.00374. The molecule has 0 spiro atoms. The van der Waals surface area contributed by atoms with Gasteiger partial charge < -0.3 is 29.1 Å². The van der Waals surface area contributed by atoms with E-state index in [0.29, 0.717) is 43.1 Å². The predicted molar refractivity (Wildman–Crippen MR) is 236 cm³/mol. The summed E-state index contributed by atoms with van der Waals surface area (Å²) < 4.78 is 34.1. The molecule has 0 aromatic rings. The third kappa shape index (κ3) is 40.2. The van der Waals surface area contributed by atoms with Crippen molar-refractivity contribution < 1.29 is 52.3 Å². The molecular weight excluding hydrogens is 757 g/mol. The second-order valence-corrected chi connectivity index (χ2v) is 17.2. The first-order valence-electron chi connectivity index (χ1n) is 21.9. The van der Waals surface area contributed by atoms with E-state index in [4.69, 9.17) is 18.5 Å². The number of esters is 2. The number of quaternary nitrogens is 1. The largest absolute Gasteiger partial charge is 0.472 e. The highest BCUT2D eigenvalue weighted by Crippen LogP contribution is 2.43. The molecule has 334 valence electrons. The van der Waals surface area contributed by atoms with E-state index in [1.54, 1.807) is 30.4 Å². The Morgan fingerprint density at radius 2 is 1.24 bits per heavy atom. The Morgan fingerprint density at radius 3 is 1.84 bits per heavy atom. The van der Waals surface area contributed by atoms with Crippen LogP contribution in [-0.2, 0) is 32.7 Å². The van der Waals surface area contributed by atoms with Crippen LogP contribution in [-0.4, -0.2) is 97.3 Å². The summed E-state index contributed by atoms with van der Waals surface area (Å²) in [5.74, 6) is -0.986. The van der Waals surface area contributed by atoms with Gasteiger partial charge in [0.2, 0.25) is 0 Å². The van der Waals surface area contributed by atoms with Crippen molar-refractivity contribution in [2.24, 2.45) is 0 Å². The quantitative estimate of drug-likeness (QED) is 0.0137. The zero-order valence-corrected chi connectivity index (χ0v) is 37.6. The van der Waals surface area contributed by atoms with Crippen molar-refractivity contribution in [3.63, 3.8) is 0 Å². The number of carbonyl (C=O) groups excluding carboxylic acids is 2. The number of phosphoric ester groups is 1. The number of ether oxygens (including phenoxy) is 2. The van der Waals surface area contributed by atoms with Crippen LogP contribution in [0.5, 0.6) is 0 Å². The first kappa shape index (κ1) is 55.4. The fraction of sp³-hybridized carbons (Fsp3) is 0.696. The zero-order chi connectivity index (χ0) is 43.2. The van der Waals surface area contributed by atoms with Crippen molar-refractivity contribution in [1.29, 1.82) is 0 Å². The van der Waals surface area contributed by atoms with Gasteiger partial charge in [-0.25, -0.2) is 4.57 Å². The van der Waals surface area contributed by atoms with Crippen molar-refractivity contribution in [2.75, 3.05) is 47.5 Å². The lowest BCUT2D eigenvalue weighted by Gasteiger charge is -2.24. The Bertz CT molecular complexity index is 1250. The molecule has 4 atom stereocenters. The average Bonchev–Trinajstić information content (AvgIpc) is 3.16. The van der Waals surface area contributed by atoms with Gasteiger partial charge in [-0.1, -0.05) is 164 Å². The number of allylic oxidation sites excluding steroid dienone is 8. The molecule has 0 rings (SSSR count). The number of hydrogen-bond donors (Lipinski definition) is 3. The van der Waals surface area contributed by atoms with E-state index in [0.717, 1.165) is 25.7 Å². The van der Waals surface area contributed by atoms with Crippen molar-refractivity contribution >= 4 is 19.8 Å². The summed E-state index contributed by atoms with van der Waals surface area (Å²) in [6, 6.07) is 0. The summed E-state index contributed by atoms with van der Waals surface area (Å²) in [5, 5.41) is 20.0. The fourth-order valence-electron chi connectivity index (χ4n) is 5.46. The van der Waals surface area contributed by atoms with Crippen molar-refractivity contribution in [3.05, 3.63) is 72.9 Å². The third-order valence-corrected chi connectivity index (χ3v) is 9.91. The lowest BCUT2D eigenvalue weighted by atomic mass is 10.0. The number of likely N-dealkylation sites (N-methyl/N-ethyl adjacent to an activating group) is 1. The van der Waals surface area contributed by atoms with E-state index in [1.807, 2.05) is 63.7 Å². The topological polar surface area (TPSA) is 149 Å². The number of aliphatic hydroxyl groups excluding tert-OH is 2. The summed E-state index contributed by atoms with van der Waals surface area (Å²) >= 11 is 0. The summed E-state index contributed by atoms with van der Waals surface area (Å²) in [4.78, 5) is 35.3. The van der Waals surface area contributed by atoms with Gasteiger partial charge in [0.25, 0.3) is 0 Å². The summed E-state index contributed by atoms with van der Waals surface area (Å²) in [6.45, 7) is 3.99. The van der Waals surface area contributed by atoms with Gasteiger partial charge in [0.1, 0.15) is 19.8 Å². The van der Waals surface area contributed by atoms with Crippen LogP contribution in [0.1, 0.15) is 142 Å². The highest BCUT2D eigenvalue weighted by atomic mass is 31.2. The van der Waals surface area contributed by atoms with E-state index < -0.39 is 44.7 Å². The molecule has 0 radical (unpaired) electrons. The molecule has 0 aliphatic rings. The van der Waals surface area contributed by atoms with Gasteiger partial charge in [0.15, 0.2) is 6.10 Å². The number of phosphoric acid groups is 1. The first-order valence-corrected chi connectivity index (χ1v) is 23.4. The molecule has 0 saturated heterocycles. The Labute approximate surface area is 352 Å². The van der Waals surface area contributed by atoms with Gasteiger partial charge >= 0.3 is 19.8 Å². The predicted octanol–water partition coefficient (Wildman–Crippen LogP) is 10.2. The molecule has 0 aliphatic carbocycles. The molecule has 0 saturated carbocycles. The molecule has 3 N–H and O–H groups in total. The molecule has 1 unspecified atom stereocenters. The molecule has 0 aliphatic heterocycles. The first-order chi connectivity index (χ1) is 27.8. The summed E-state index contributed by atoms with van der Waals surface area (Å²) in [7, 11) is 1.35. The van der Waals surface area contributed by atoms with Gasteiger partial charge in [0.05, 0.1) is 40.0 Å². The van der Waals surface area contributed by atoms with Crippen LogP contribution in [0.25, 0.3) is 0 Å². The maximum Gasteiger partial charge on any atom is 0.472 e. The van der Waals surface area contributed by atoms with Gasteiger partial charge in [-0.2, -0.15) is 0 Å². The number of nitrogens with zero attached hydrogens (tertiary/aromatic N) is 1. The number of rotatable bonds is 38. The minimum Gasteiger partial charge on any atom is -0.462 e. The highest BCUT2D eigenvalue weighted by Gasteiger charge is 2.27. The number of hydrogen-bond acceptors (Lipinski definition) is 9. The summed E-state index contributed by atoms with van der Waals surface area (Å²) in [5.41, 5.74) is 0. The van der Waals surface area contributed by atoms with E-state index >= 15 is 0 Å². The molecular formula is C46H81NO10P+. The Kier molecular flexibility index (Phi) is 35.7. The SMILES string of the molecule is CC/C=C\C[C@@H](O)/C=C/C=C\C/C=C\C=C\[C@@H](O)/C=C\CCCC(=O)OC[C@H](COP(=O)(O)OCC[N+](C)(C)C)OC(=O)CCCCCCCCCCCCCCC. The van der Waals surface area contributed by atoms with E-state index in [9.17, 15) is 29.3 Å².